The third-order valence-corrected chi connectivity index (χ3v) is 20.3. The van der Waals surface area contributed by atoms with Crippen molar-refractivity contribution in [3.63, 3.8) is 0 Å². The highest BCUT2D eigenvalue weighted by Gasteiger charge is 2.32. The average molecular weight is 1280 g/mol. The van der Waals surface area contributed by atoms with Crippen molar-refractivity contribution in [1.29, 1.82) is 0 Å². The summed E-state index contributed by atoms with van der Waals surface area (Å²) < 4.78 is 29.4. The molecule has 2 amide bonds. The fraction of sp³-hybridized carbons (Fsp3) is 0.400. The zero-order valence-corrected chi connectivity index (χ0v) is 53.2. The number of unbranched alkanes of at least 4 members (excludes halogenated alkanes) is 2. The molecule has 22 heteroatoms. The zero-order valence-electron chi connectivity index (χ0n) is 51.6. The predicted molar refractivity (Wildman–Crippen MR) is 358 cm³/mol. The normalized spacial score (nSPS) is 16.4. The summed E-state index contributed by atoms with van der Waals surface area (Å²) in [4.78, 5) is 102. The van der Waals surface area contributed by atoms with E-state index < -0.39 is 23.8 Å². The summed E-state index contributed by atoms with van der Waals surface area (Å²) in [6.07, 6.45) is 7.80. The number of benzene rings is 4. The lowest BCUT2D eigenvalue weighted by Crippen LogP contribution is -2.46. The van der Waals surface area contributed by atoms with E-state index in [-0.39, 0.29) is 74.0 Å². The number of amides is 2. The molecule has 0 bridgehead atoms. The quantitative estimate of drug-likeness (QED) is 0.0459. The number of carbonyl (C=O) groups is 4. The molecule has 4 fully saturated rings. The van der Waals surface area contributed by atoms with Gasteiger partial charge >= 0.3 is 11.9 Å². The molecule has 92 heavy (non-hydrogen) atoms. The van der Waals surface area contributed by atoms with Gasteiger partial charge in [0.2, 0.25) is 0 Å². The van der Waals surface area contributed by atoms with Crippen LogP contribution < -0.4 is 30.4 Å². The van der Waals surface area contributed by atoms with E-state index in [0.717, 1.165) is 102 Å². The molecular weight excluding hydrogens is 1200 g/mol. The molecule has 13 rings (SSSR count). The minimum Gasteiger partial charge on any atom is -0.494 e. The van der Waals surface area contributed by atoms with Crippen LogP contribution in [0.2, 0.25) is 0 Å². The van der Waals surface area contributed by atoms with Crippen LogP contribution in [0.5, 0.6) is 11.5 Å². The van der Waals surface area contributed by atoms with Gasteiger partial charge < -0.3 is 38.5 Å². The number of carbonyl (C=O) groups excluding carboxylic acids is 4. The highest BCUT2D eigenvalue weighted by molar-refractivity contribution is 7.17. The SMILES string of the molecule is O=C(OCn1c(=O)ccc2ccc(OCCCCN3CCN(c4cccc5sccc45)CC3)cc21)C1CCN(C(=O)c2cnc(C(=O)N3CCC(C(=O)OCn4c(=O)ccc5ccc(OCCCCN6CCN(c7cccc8sccc78)CC6)cc54)CC3)cn2)CC1. The van der Waals surface area contributed by atoms with Crippen molar-refractivity contribution < 1.29 is 38.1 Å². The van der Waals surface area contributed by atoms with Gasteiger partial charge in [0.1, 0.15) is 22.9 Å². The Labute approximate surface area is 541 Å². The van der Waals surface area contributed by atoms with Crippen molar-refractivity contribution in [2.24, 2.45) is 11.8 Å². The molecule has 4 saturated heterocycles. The first-order valence-electron chi connectivity index (χ1n) is 32.2. The molecule has 4 aliphatic rings. The number of anilines is 2. The number of nitrogens with zero attached hydrogens (tertiary/aromatic N) is 10. The topological polar surface area (TPSA) is 194 Å². The Bertz CT molecular complexity index is 3950. The number of thiophene rings is 2. The Hall–Kier alpha value is -8.70. The third kappa shape index (κ3) is 14.3. The summed E-state index contributed by atoms with van der Waals surface area (Å²) in [5.41, 5.74) is 3.39. The fourth-order valence-corrected chi connectivity index (χ4v) is 14.8. The molecular formula is C70H76N10O10S2. The summed E-state index contributed by atoms with van der Waals surface area (Å²) in [7, 11) is 0. The van der Waals surface area contributed by atoms with Gasteiger partial charge in [0.15, 0.2) is 13.5 Å². The molecule has 478 valence electrons. The van der Waals surface area contributed by atoms with Gasteiger partial charge in [0.25, 0.3) is 22.9 Å². The number of fused-ring (bicyclic) bond motifs is 4. The van der Waals surface area contributed by atoms with Crippen LogP contribution in [0.15, 0.2) is 142 Å². The second-order valence-electron chi connectivity index (χ2n) is 24.2. The Balaban J connectivity index is 0.508. The maximum Gasteiger partial charge on any atom is 0.310 e. The number of aromatic nitrogens is 4. The molecule has 0 saturated carbocycles. The summed E-state index contributed by atoms with van der Waals surface area (Å²) in [5.74, 6) is -1.31. The average Bonchev–Trinajstić information content (AvgIpc) is 1.29. The molecule has 0 unspecified atom stereocenters. The van der Waals surface area contributed by atoms with Crippen LogP contribution in [0.1, 0.15) is 72.3 Å². The summed E-state index contributed by atoms with van der Waals surface area (Å²) in [6.45, 7) is 11.8. The minimum absolute atomic E-state index is 0.0696. The fourth-order valence-electron chi connectivity index (χ4n) is 13.2. The third-order valence-electron chi connectivity index (χ3n) is 18.6. The maximum absolute atomic E-state index is 13.6. The number of likely N-dealkylation sites (tertiary alicyclic amines) is 2. The Kier molecular flexibility index (Phi) is 19.5. The van der Waals surface area contributed by atoms with Crippen molar-refractivity contribution >= 4 is 99.8 Å². The zero-order chi connectivity index (χ0) is 62.9. The van der Waals surface area contributed by atoms with E-state index >= 15 is 0 Å². The summed E-state index contributed by atoms with van der Waals surface area (Å²) in [5, 5.41) is 8.62. The van der Waals surface area contributed by atoms with Gasteiger partial charge in [-0.1, -0.05) is 12.1 Å². The molecule has 0 aliphatic carbocycles. The van der Waals surface area contributed by atoms with E-state index in [1.165, 1.54) is 65.2 Å². The van der Waals surface area contributed by atoms with Gasteiger partial charge in [-0.2, -0.15) is 0 Å². The molecule has 9 aromatic rings. The number of hydrogen-bond donors (Lipinski definition) is 0. The highest BCUT2D eigenvalue weighted by atomic mass is 32.1. The smallest absolute Gasteiger partial charge is 0.310 e. The molecule has 9 heterocycles. The van der Waals surface area contributed by atoms with Gasteiger partial charge in [-0.25, -0.2) is 9.97 Å². The Morgan fingerprint density at radius 3 is 1.29 bits per heavy atom. The van der Waals surface area contributed by atoms with Crippen molar-refractivity contribution in [1.82, 2.24) is 38.7 Å². The lowest BCUT2D eigenvalue weighted by molar-refractivity contribution is -0.154. The first-order chi connectivity index (χ1) is 45.1. The molecule has 0 N–H and O–H groups in total. The van der Waals surface area contributed by atoms with Crippen LogP contribution in [0.3, 0.4) is 0 Å². The second-order valence-corrected chi connectivity index (χ2v) is 26.1. The summed E-state index contributed by atoms with van der Waals surface area (Å²) >= 11 is 3.57. The molecule has 0 radical (unpaired) electrons. The molecule has 4 aromatic carbocycles. The van der Waals surface area contributed by atoms with Crippen molar-refractivity contribution in [3.05, 3.63) is 164 Å². The highest BCUT2D eigenvalue weighted by Crippen LogP contribution is 2.33. The number of ether oxygens (including phenoxy) is 4. The van der Waals surface area contributed by atoms with E-state index in [4.69, 9.17) is 18.9 Å². The van der Waals surface area contributed by atoms with Crippen LogP contribution in [-0.2, 0) is 32.5 Å². The molecule has 20 nitrogen and oxygen atoms in total. The largest absolute Gasteiger partial charge is 0.494 e. The Morgan fingerprint density at radius 2 is 0.880 bits per heavy atom. The number of hydrogen-bond acceptors (Lipinski definition) is 18. The van der Waals surface area contributed by atoms with Gasteiger partial charge in [-0.3, -0.25) is 47.7 Å². The molecule has 0 spiro atoms. The first-order valence-corrected chi connectivity index (χ1v) is 34.0. The monoisotopic (exact) mass is 1280 g/mol. The van der Waals surface area contributed by atoms with E-state index in [1.54, 1.807) is 44.6 Å². The first kappa shape index (κ1) is 62.1. The van der Waals surface area contributed by atoms with Crippen LogP contribution in [0.4, 0.5) is 11.4 Å². The van der Waals surface area contributed by atoms with Gasteiger partial charge in [-0.05, 0) is 159 Å². The number of pyridine rings is 2. The van der Waals surface area contributed by atoms with Crippen LogP contribution in [-0.4, -0.2) is 167 Å². The van der Waals surface area contributed by atoms with Gasteiger partial charge in [0.05, 0.1) is 48.5 Å². The van der Waals surface area contributed by atoms with Crippen LogP contribution in [0, 0.1) is 11.8 Å². The number of esters is 2. The van der Waals surface area contributed by atoms with Crippen molar-refractivity contribution in [2.45, 2.75) is 64.8 Å². The summed E-state index contributed by atoms with van der Waals surface area (Å²) in [6, 6.07) is 35.2. The minimum atomic E-state index is -0.475. The number of piperazine rings is 2. The lowest BCUT2D eigenvalue weighted by Gasteiger charge is -2.36. The van der Waals surface area contributed by atoms with Gasteiger partial charge in [-0.15, -0.1) is 22.7 Å². The second kappa shape index (κ2) is 28.9. The van der Waals surface area contributed by atoms with E-state index in [9.17, 15) is 28.8 Å². The molecule has 0 atom stereocenters. The predicted octanol–water partition coefficient (Wildman–Crippen LogP) is 9.60. The molecule has 5 aromatic heterocycles. The standard InChI is InChI=1S/C70H76N10O10S2/c81-65-17-13-49-11-15-53(87-39-3-1-25-73-31-35-75(36-32-73)59-7-5-9-63-55(59)23-41-91-63)43-61(49)79(65)47-89-69(85)51-19-27-77(28-20-51)67(83)57-45-72-58(46-71-57)68(84)78-29-21-52(22-30-78)70(86)90-48-80-62-44-54(16-12-50(62)14-18-66(80)82)88-40-4-2-26-74-33-37-76(38-34-74)60-8-6-10-64-56(60)24-42-92-64/h5-18,23-24,41-46,51-52H,1-4,19-22,25-40,47-48H2. The lowest BCUT2D eigenvalue weighted by atomic mass is 9.97. The van der Waals surface area contributed by atoms with E-state index in [1.807, 2.05) is 36.4 Å². The van der Waals surface area contributed by atoms with Crippen LogP contribution >= 0.6 is 22.7 Å². The number of piperidine rings is 2. The van der Waals surface area contributed by atoms with Crippen molar-refractivity contribution in [2.75, 3.05) is 115 Å². The van der Waals surface area contributed by atoms with Gasteiger partial charge in [0, 0.05) is 134 Å². The van der Waals surface area contributed by atoms with E-state index in [0.29, 0.717) is 61.4 Å². The Morgan fingerprint density at radius 1 is 0.467 bits per heavy atom. The van der Waals surface area contributed by atoms with E-state index in [2.05, 4.69) is 88.9 Å². The van der Waals surface area contributed by atoms with Crippen LogP contribution in [0.25, 0.3) is 42.0 Å². The molecule has 4 aliphatic heterocycles. The number of rotatable bonds is 22. The maximum atomic E-state index is 13.6. The van der Waals surface area contributed by atoms with Crippen molar-refractivity contribution in [3.8, 4) is 11.5 Å².